The molecule has 0 amide bonds. The van der Waals surface area contributed by atoms with Gasteiger partial charge in [0, 0.05) is 23.5 Å². The molecule has 0 atom stereocenters. The monoisotopic (exact) mass is 1730 g/mol. The molecule has 4 heterocycles. The number of aromatic nitrogens is 8. The number of carbonyl (C=O) groups is 6. The number of aromatic carboxylic acids is 3. The van der Waals surface area contributed by atoms with Gasteiger partial charge in [0.15, 0.2) is 23.3 Å². The predicted octanol–water partition coefficient (Wildman–Crippen LogP) is 20.6. The molecule has 130 heavy (non-hydrogen) atoms. The van der Waals surface area contributed by atoms with Crippen LogP contribution in [-0.2, 0) is 46.4 Å². The molecular formula is C106H94N8O16. The van der Waals surface area contributed by atoms with Crippen molar-refractivity contribution in [2.75, 3.05) is 0 Å². The zero-order chi connectivity index (χ0) is 94.5. The molecule has 18 rings (SSSR count). The van der Waals surface area contributed by atoms with Gasteiger partial charge < -0.3 is 30.6 Å². The number of pyridine rings is 2. The summed E-state index contributed by atoms with van der Waals surface area (Å²) in [5.41, 5.74) is 32.6. The first-order valence-corrected chi connectivity index (χ1v) is 41.0. The van der Waals surface area contributed by atoms with Crippen LogP contribution in [0, 0.1) is 96.9 Å². The van der Waals surface area contributed by atoms with Crippen LogP contribution in [-0.4, -0.2) is 119 Å². The maximum absolute atomic E-state index is 11.5. The van der Waals surface area contributed by atoms with Gasteiger partial charge in [0.05, 0.1) is 17.5 Å². The fourth-order valence-corrected chi connectivity index (χ4v) is 15.5. The number of rotatable bonds is 11. The second-order valence-electron chi connectivity index (χ2n) is 31.6. The molecule has 3 aliphatic carbocycles. The Morgan fingerprint density at radius 2 is 0.715 bits per heavy atom. The Balaban J connectivity index is 0.000000157. The van der Waals surface area contributed by atoms with E-state index in [0.717, 1.165) is 156 Å². The number of aryl methyl sites for hydroxylation is 14. The summed E-state index contributed by atoms with van der Waals surface area (Å²) in [6.45, 7) is 27.6. The van der Waals surface area contributed by atoms with Crippen molar-refractivity contribution in [1.29, 1.82) is 0 Å². The summed E-state index contributed by atoms with van der Waals surface area (Å²) in [5.74, 6) is -4.37. The lowest BCUT2D eigenvalue weighted by Crippen LogP contribution is -2.10. The molecule has 24 nitrogen and oxygen atoms in total. The molecule has 0 saturated heterocycles. The first-order valence-electron chi connectivity index (χ1n) is 41.0. The van der Waals surface area contributed by atoms with Gasteiger partial charge in [0.25, 0.3) is 0 Å². The van der Waals surface area contributed by atoms with E-state index >= 15 is 0 Å². The molecule has 0 radical (unpaired) electrons. The zero-order valence-electron chi connectivity index (χ0n) is 74.0. The third kappa shape index (κ3) is 23.8. The molecule has 15 aromatic rings. The summed E-state index contributed by atoms with van der Waals surface area (Å²) < 4.78 is 0. The molecule has 0 unspecified atom stereocenters. The highest BCUT2D eigenvalue weighted by Crippen LogP contribution is 2.48. The van der Waals surface area contributed by atoms with Gasteiger partial charge in [-0.15, -0.1) is 0 Å². The Kier molecular flexibility index (Phi) is 32.0. The Morgan fingerprint density at radius 3 is 1.15 bits per heavy atom. The van der Waals surface area contributed by atoms with Crippen LogP contribution in [0.4, 0.5) is 0 Å². The van der Waals surface area contributed by atoms with Crippen LogP contribution >= 0.6 is 0 Å². The van der Waals surface area contributed by atoms with Gasteiger partial charge in [-0.2, -0.15) is 19.2 Å². The normalized spacial score (nSPS) is 11.1. The van der Waals surface area contributed by atoms with Crippen molar-refractivity contribution in [1.82, 2.24) is 39.9 Å². The number of carbonyl (C=O) groups excluding carboxylic acids is 4. The Labute approximate surface area is 751 Å². The molecule has 6 N–H and O–H groups in total. The summed E-state index contributed by atoms with van der Waals surface area (Å²) in [6.07, 6.45) is 6.21. The molecule has 654 valence electrons. The van der Waals surface area contributed by atoms with Gasteiger partial charge in [-0.25, -0.2) is 44.3 Å². The zero-order valence-corrected chi connectivity index (χ0v) is 74.0. The van der Waals surface area contributed by atoms with Crippen LogP contribution in [0.3, 0.4) is 0 Å². The van der Waals surface area contributed by atoms with Crippen LogP contribution < -0.4 is 0 Å². The van der Waals surface area contributed by atoms with E-state index in [9.17, 15) is 44.1 Å². The van der Waals surface area contributed by atoms with E-state index in [4.69, 9.17) is 34.5 Å². The summed E-state index contributed by atoms with van der Waals surface area (Å²) in [7, 11) is 0. The summed E-state index contributed by atoms with van der Waals surface area (Å²) in [4.78, 5) is 133. The van der Waals surface area contributed by atoms with Crippen LogP contribution in [0.2, 0.25) is 0 Å². The first-order chi connectivity index (χ1) is 62.0. The number of carboxylic acid groups (broad SMARTS) is 6. The third-order valence-electron chi connectivity index (χ3n) is 21.7. The van der Waals surface area contributed by atoms with Gasteiger partial charge in [-0.1, -0.05) is 232 Å². The Hall–Kier alpha value is -16.4. The average molecular weight is 1740 g/mol. The van der Waals surface area contributed by atoms with Crippen molar-refractivity contribution in [3.05, 3.63) is 377 Å². The third-order valence-corrected chi connectivity index (χ3v) is 21.7. The van der Waals surface area contributed by atoms with Crippen LogP contribution in [0.1, 0.15) is 160 Å². The van der Waals surface area contributed by atoms with E-state index in [0.29, 0.717) is 45.8 Å². The van der Waals surface area contributed by atoms with E-state index in [2.05, 4.69) is 97.0 Å². The number of aliphatic carboxylic acids is 3. The second-order valence-corrected chi connectivity index (χ2v) is 31.6. The minimum atomic E-state index is -1.15. The minimum absolute atomic E-state index is 0.119. The number of hydrogen-bond donors (Lipinski definition) is 6. The molecule has 3 aliphatic rings. The van der Waals surface area contributed by atoms with Crippen molar-refractivity contribution >= 4 is 58.9 Å². The molecule has 0 spiro atoms. The summed E-state index contributed by atoms with van der Waals surface area (Å²) >= 11 is 0. The average Bonchev–Trinajstić information content (AvgIpc) is 1.63. The maximum atomic E-state index is 11.5. The fourth-order valence-electron chi connectivity index (χ4n) is 15.5. The van der Waals surface area contributed by atoms with Crippen LogP contribution in [0.15, 0.2) is 243 Å². The van der Waals surface area contributed by atoms with E-state index in [1.165, 1.54) is 28.6 Å². The highest BCUT2D eigenvalue weighted by Gasteiger charge is 2.36. The van der Waals surface area contributed by atoms with E-state index in [-0.39, 0.29) is 24.5 Å². The Morgan fingerprint density at radius 1 is 0.323 bits per heavy atom. The minimum Gasteiger partial charge on any atom is -0.481 e. The molecule has 4 aromatic heterocycles. The number of benzene rings is 11. The van der Waals surface area contributed by atoms with E-state index < -0.39 is 47.7 Å². The quantitative estimate of drug-likeness (QED) is 0.0700. The lowest BCUT2D eigenvalue weighted by molar-refractivity contribution is -0.193. The maximum Gasteiger partial charge on any atom is 0.374 e. The fraction of sp³-hybridized carbons (Fsp3) is 0.170. The van der Waals surface area contributed by atoms with Gasteiger partial charge in [-0.3, -0.25) is 24.4 Å². The van der Waals surface area contributed by atoms with E-state index in [1.807, 2.05) is 264 Å². The van der Waals surface area contributed by atoms with Crippen molar-refractivity contribution in [2.45, 2.75) is 122 Å². The molecule has 24 heteroatoms. The standard InChI is InChI=1S/C21H17N5.3C16H14O2.C13H12O2.C12H11N3O2.C10H12O2.2CO2/c1-14-9-10-15(2)16(13-14)19-24-20(17-7-3-5-11-22-17)26-21(25-19)18-8-4-6-12-23-18;2*1-9-3-5-11-12-6-4-10(2)8-14(12)15(16(17)18)13(11)7-9;1-9-3-4-13-11(5-9)7-12-6-10(2)14(16(17)18)8-15(12)13;1-8-3-6-11-10(7-8)5-4-9(2)12(11)13(14)15;1-7-3-4-8(2)9(5-7)10-13-6-14-11(15-10)12(16)17;1-7-3-4-8(2)9(5-7)6-10(11)12;2*2-1-3/h3-13H,1-2H3;2*3-8,15H,1-2H3,(H,17,18);3-6,8H,7H2,1-2H3,(H,17,18);3-7H,1-2H3,(H,14,15);3-6H,1-2H3,(H,16,17);3-5H,6H2,1-2H3,(H,11,12);;. The smallest absolute Gasteiger partial charge is 0.374 e. The highest BCUT2D eigenvalue weighted by molar-refractivity contribution is 6.05. The molecular weight excluding hydrogens is 1640 g/mol. The van der Waals surface area contributed by atoms with Gasteiger partial charge >= 0.3 is 48.1 Å². The number of nitrogens with zero attached hydrogens (tertiary/aromatic N) is 8. The highest BCUT2D eigenvalue weighted by atomic mass is 16.4. The Bertz CT molecular complexity index is 6610. The predicted molar refractivity (Wildman–Crippen MR) is 493 cm³/mol. The topological polar surface area (TPSA) is 395 Å². The lowest BCUT2D eigenvalue weighted by Gasteiger charge is -2.09. The molecule has 0 aliphatic heterocycles. The van der Waals surface area contributed by atoms with Crippen LogP contribution in [0.25, 0.3) is 90.0 Å². The summed E-state index contributed by atoms with van der Waals surface area (Å²) in [5, 5.41) is 56.5. The number of fused-ring (bicyclic) bond motifs is 10. The first kappa shape index (κ1) is 95.8. The molecule has 0 saturated carbocycles. The van der Waals surface area contributed by atoms with E-state index in [1.54, 1.807) is 12.4 Å². The molecule has 0 fully saturated rings. The van der Waals surface area contributed by atoms with Crippen molar-refractivity contribution < 1.29 is 78.6 Å². The second kappa shape index (κ2) is 43.5. The number of hydrogen-bond acceptors (Lipinski definition) is 18. The molecule has 0 bridgehead atoms. The van der Waals surface area contributed by atoms with Gasteiger partial charge in [0.1, 0.15) is 29.6 Å². The van der Waals surface area contributed by atoms with Crippen molar-refractivity contribution in [3.63, 3.8) is 0 Å². The lowest BCUT2D eigenvalue weighted by atomic mass is 9.95. The van der Waals surface area contributed by atoms with Crippen LogP contribution in [0.5, 0.6) is 0 Å². The van der Waals surface area contributed by atoms with Gasteiger partial charge in [-0.05, 0) is 257 Å². The molecule has 11 aromatic carbocycles. The SMILES string of the molecule is Cc1ccc(C)c(-c2nc(-c3ccccn3)nc(-c3ccccn3)n2)c1.Cc1ccc(C)c(-c2ncnc(C(=O)O)n2)c1.Cc1ccc(C)c(CC(=O)O)c1.Cc1ccc2c(C(=O)O)c(C)ccc2c1.Cc1ccc2c(c1)C(C(=O)O)c1cc(C)ccc1-2.Cc1ccc2c(c1)C(C(=O)O)c1cc(C)ccc1-2.Cc1ccc2c(c1)Cc1cc(C)c(C(=O)O)cc1-2.O=C=O.O=C=O. The number of carboxylic acids is 6. The summed E-state index contributed by atoms with van der Waals surface area (Å²) in [6, 6.07) is 73.4. The van der Waals surface area contributed by atoms with Gasteiger partial charge in [0.2, 0.25) is 5.82 Å². The largest absolute Gasteiger partial charge is 0.481 e. The van der Waals surface area contributed by atoms with Crippen molar-refractivity contribution in [3.8, 4) is 79.2 Å². The van der Waals surface area contributed by atoms with Crippen molar-refractivity contribution in [2.24, 2.45) is 0 Å².